The molecule has 27 heavy (non-hydrogen) atoms. The van der Waals surface area contributed by atoms with Crippen LogP contribution >= 0.6 is 22.7 Å². The van der Waals surface area contributed by atoms with Gasteiger partial charge >= 0.3 is 0 Å². The van der Waals surface area contributed by atoms with E-state index < -0.39 is 10.0 Å². The van der Waals surface area contributed by atoms with E-state index in [1.165, 1.54) is 17.4 Å². The predicted molar refractivity (Wildman–Crippen MR) is 108 cm³/mol. The van der Waals surface area contributed by atoms with Crippen LogP contribution in [0.2, 0.25) is 0 Å². The molecule has 2 N–H and O–H groups in total. The summed E-state index contributed by atoms with van der Waals surface area (Å²) in [6, 6.07) is 8.68. The van der Waals surface area contributed by atoms with Crippen LogP contribution in [0.25, 0.3) is 10.6 Å². The number of thiazole rings is 1. The predicted octanol–water partition coefficient (Wildman–Crippen LogP) is 3.54. The van der Waals surface area contributed by atoms with E-state index in [2.05, 4.69) is 15.0 Å². The van der Waals surface area contributed by atoms with Gasteiger partial charge in [-0.25, -0.2) is 18.1 Å². The maximum Gasteiger partial charge on any atom is 0.240 e. The first kappa shape index (κ1) is 18.3. The number of hydrogen-bond donors (Lipinski definition) is 2. The first-order chi connectivity index (χ1) is 12.9. The van der Waals surface area contributed by atoms with Crippen molar-refractivity contribution in [1.29, 1.82) is 0 Å². The second kappa shape index (κ2) is 7.16. The number of rotatable bonds is 5. The van der Waals surface area contributed by atoms with Crippen LogP contribution in [0, 0.1) is 6.92 Å². The van der Waals surface area contributed by atoms with Crippen molar-refractivity contribution >= 4 is 44.3 Å². The third-order valence-corrected chi connectivity index (χ3v) is 7.53. The molecule has 140 valence electrons. The number of benzene rings is 1. The van der Waals surface area contributed by atoms with E-state index in [1.807, 2.05) is 24.4 Å². The lowest BCUT2D eigenvalue weighted by molar-refractivity contribution is -0.116. The molecule has 0 unspecified atom stereocenters. The lowest BCUT2D eigenvalue weighted by Gasteiger charge is -2.17. The number of carbonyl (C=O) groups excluding carboxylic acids is 1. The van der Waals surface area contributed by atoms with E-state index in [-0.39, 0.29) is 17.3 Å². The van der Waals surface area contributed by atoms with E-state index in [4.69, 9.17) is 0 Å². The summed E-state index contributed by atoms with van der Waals surface area (Å²) in [7, 11) is -3.63. The lowest BCUT2D eigenvalue weighted by Crippen LogP contribution is -2.24. The standard InChI is InChI=1S/C18H17N3O3S3/c1-11-20-16(10-25-11)17-6-3-13(26-17)9-19-27(23,24)14-4-5-15-12(8-14)2-7-18(22)21-15/h3-6,8,10,19H,2,7,9H2,1H3,(H,21,22). The normalized spacial score (nSPS) is 14.0. The summed E-state index contributed by atoms with van der Waals surface area (Å²) in [5.74, 6) is -0.0416. The molecule has 1 amide bonds. The molecule has 1 aliphatic rings. The van der Waals surface area contributed by atoms with Crippen molar-refractivity contribution in [3.63, 3.8) is 0 Å². The van der Waals surface area contributed by atoms with Crippen molar-refractivity contribution in [2.45, 2.75) is 31.2 Å². The zero-order valence-electron chi connectivity index (χ0n) is 14.5. The smallest absolute Gasteiger partial charge is 0.240 e. The average Bonchev–Trinajstić information content (AvgIpc) is 3.28. The minimum atomic E-state index is -3.63. The second-order valence-electron chi connectivity index (χ2n) is 6.21. The van der Waals surface area contributed by atoms with Crippen LogP contribution in [0.1, 0.15) is 21.9 Å². The summed E-state index contributed by atoms with van der Waals surface area (Å²) in [6.45, 7) is 2.19. The van der Waals surface area contributed by atoms with Crippen molar-refractivity contribution in [1.82, 2.24) is 9.71 Å². The molecule has 1 aliphatic heterocycles. The van der Waals surface area contributed by atoms with Crippen LogP contribution in [0.15, 0.2) is 40.6 Å². The summed E-state index contributed by atoms with van der Waals surface area (Å²) in [6.07, 6.45) is 0.920. The summed E-state index contributed by atoms with van der Waals surface area (Å²) in [5.41, 5.74) is 2.45. The third kappa shape index (κ3) is 3.96. The van der Waals surface area contributed by atoms with Gasteiger partial charge in [-0.15, -0.1) is 22.7 Å². The molecule has 3 aromatic rings. The fraction of sp³-hybridized carbons (Fsp3) is 0.222. The highest BCUT2D eigenvalue weighted by atomic mass is 32.2. The molecule has 1 aromatic carbocycles. The largest absolute Gasteiger partial charge is 0.326 e. The van der Waals surface area contributed by atoms with Crippen molar-refractivity contribution in [3.05, 3.63) is 51.2 Å². The van der Waals surface area contributed by atoms with Crippen molar-refractivity contribution in [2.75, 3.05) is 5.32 Å². The number of nitrogens with one attached hydrogen (secondary N) is 2. The number of carbonyl (C=O) groups is 1. The SMILES string of the molecule is Cc1nc(-c2ccc(CNS(=O)(=O)c3ccc4c(c3)CCC(=O)N4)s2)cs1. The summed E-state index contributed by atoms with van der Waals surface area (Å²) in [5, 5.41) is 5.76. The van der Waals surface area contributed by atoms with Crippen LogP contribution in [0.5, 0.6) is 0 Å². The molecule has 0 saturated heterocycles. The Labute approximate surface area is 165 Å². The maximum atomic E-state index is 12.6. The average molecular weight is 420 g/mol. The van der Waals surface area contributed by atoms with Crippen molar-refractivity contribution in [3.8, 4) is 10.6 Å². The van der Waals surface area contributed by atoms with E-state index in [0.717, 1.165) is 26.0 Å². The van der Waals surface area contributed by atoms with Gasteiger partial charge in [-0.3, -0.25) is 4.79 Å². The molecule has 6 nitrogen and oxygen atoms in total. The molecule has 0 radical (unpaired) electrons. The van der Waals surface area contributed by atoms with E-state index in [9.17, 15) is 13.2 Å². The maximum absolute atomic E-state index is 12.6. The van der Waals surface area contributed by atoms with Crippen molar-refractivity contribution in [2.24, 2.45) is 0 Å². The fourth-order valence-electron chi connectivity index (χ4n) is 2.86. The first-order valence-electron chi connectivity index (χ1n) is 8.34. The number of aryl methyl sites for hydroxylation is 2. The van der Waals surface area contributed by atoms with Gasteiger partial charge in [0, 0.05) is 28.9 Å². The van der Waals surface area contributed by atoms with Gasteiger partial charge < -0.3 is 5.32 Å². The van der Waals surface area contributed by atoms with Gasteiger partial charge in [0.25, 0.3) is 0 Å². The molecule has 0 aliphatic carbocycles. The van der Waals surface area contributed by atoms with Gasteiger partial charge in [0.1, 0.15) is 0 Å². The number of thiophene rings is 1. The minimum absolute atomic E-state index is 0.0416. The fourth-order valence-corrected chi connectivity index (χ4v) is 5.61. The minimum Gasteiger partial charge on any atom is -0.326 e. The van der Waals surface area contributed by atoms with Gasteiger partial charge in [-0.2, -0.15) is 0 Å². The number of hydrogen-bond acceptors (Lipinski definition) is 6. The molecule has 0 saturated carbocycles. The Kier molecular flexibility index (Phi) is 4.85. The molecule has 3 heterocycles. The lowest BCUT2D eigenvalue weighted by atomic mass is 10.0. The van der Waals surface area contributed by atoms with Crippen LogP contribution in [0.3, 0.4) is 0 Å². The van der Waals surface area contributed by atoms with Gasteiger partial charge in [0.2, 0.25) is 15.9 Å². The summed E-state index contributed by atoms with van der Waals surface area (Å²) in [4.78, 5) is 18.0. The molecule has 2 aromatic heterocycles. The quantitative estimate of drug-likeness (QED) is 0.662. The van der Waals surface area contributed by atoms with E-state index in [1.54, 1.807) is 23.5 Å². The van der Waals surface area contributed by atoms with Gasteiger partial charge in [-0.1, -0.05) is 0 Å². The van der Waals surface area contributed by atoms with Crippen LogP contribution in [-0.2, 0) is 27.8 Å². The number of anilines is 1. The Morgan fingerprint density at radius 1 is 1.22 bits per heavy atom. The number of nitrogens with zero attached hydrogens (tertiary/aromatic N) is 1. The third-order valence-electron chi connectivity index (χ3n) is 4.25. The highest BCUT2D eigenvalue weighted by molar-refractivity contribution is 7.89. The molecule has 4 rings (SSSR count). The Hall–Kier alpha value is -2.07. The monoisotopic (exact) mass is 419 g/mol. The Balaban J connectivity index is 1.48. The Morgan fingerprint density at radius 2 is 2.07 bits per heavy atom. The summed E-state index contributed by atoms with van der Waals surface area (Å²) >= 11 is 3.12. The Bertz CT molecular complexity index is 1120. The number of fused-ring (bicyclic) bond motifs is 1. The van der Waals surface area contributed by atoms with Crippen molar-refractivity contribution < 1.29 is 13.2 Å². The first-order valence-corrected chi connectivity index (χ1v) is 11.5. The highest BCUT2D eigenvalue weighted by Crippen LogP contribution is 2.29. The second-order valence-corrected chi connectivity index (χ2v) is 10.2. The molecule has 0 spiro atoms. The highest BCUT2D eigenvalue weighted by Gasteiger charge is 2.20. The molecule has 9 heteroatoms. The number of aromatic nitrogens is 1. The Morgan fingerprint density at radius 3 is 2.85 bits per heavy atom. The van der Waals surface area contributed by atoms with E-state index >= 15 is 0 Å². The zero-order chi connectivity index (χ0) is 19.0. The van der Waals surface area contributed by atoms with Gasteiger partial charge in [0.15, 0.2) is 0 Å². The molecule has 0 bridgehead atoms. The van der Waals surface area contributed by atoms with E-state index in [0.29, 0.717) is 18.5 Å². The molecule has 0 fully saturated rings. The van der Waals surface area contributed by atoms with Crippen LogP contribution < -0.4 is 10.0 Å². The van der Waals surface area contributed by atoms with Crippen LogP contribution in [-0.4, -0.2) is 19.3 Å². The molecule has 0 atom stereocenters. The van der Waals surface area contributed by atoms with Gasteiger partial charge in [-0.05, 0) is 49.2 Å². The molecular weight excluding hydrogens is 402 g/mol. The summed E-state index contributed by atoms with van der Waals surface area (Å²) < 4.78 is 27.9. The van der Waals surface area contributed by atoms with Crippen LogP contribution in [0.4, 0.5) is 5.69 Å². The number of amides is 1. The topological polar surface area (TPSA) is 88.2 Å². The molecular formula is C18H17N3O3S3. The number of sulfonamides is 1. The zero-order valence-corrected chi connectivity index (χ0v) is 16.9. The van der Waals surface area contributed by atoms with Gasteiger partial charge in [0.05, 0.1) is 20.5 Å².